The van der Waals surface area contributed by atoms with Gasteiger partial charge in [-0.1, -0.05) is 41.9 Å². The molecule has 3 rings (SSSR count). The van der Waals surface area contributed by atoms with Gasteiger partial charge in [-0.25, -0.2) is 5.43 Å². The van der Waals surface area contributed by atoms with Crippen LogP contribution >= 0.6 is 11.6 Å². The molecule has 3 aromatic rings. The molecular weight excluding hydrogens is 342 g/mol. The number of rotatable bonds is 5. The van der Waals surface area contributed by atoms with E-state index in [2.05, 4.69) is 15.5 Å². The first-order valence-corrected chi connectivity index (χ1v) is 7.82. The minimum absolute atomic E-state index is 0.241. The number of carbonyl (C=O) groups is 1. The number of hydrogen-bond acceptors (Lipinski definition) is 4. The van der Waals surface area contributed by atoms with Crippen molar-refractivity contribution in [1.29, 1.82) is 0 Å². The number of amides is 1. The van der Waals surface area contributed by atoms with Crippen LogP contribution in [0.15, 0.2) is 64.5 Å². The van der Waals surface area contributed by atoms with Gasteiger partial charge in [-0.3, -0.25) is 9.59 Å². The van der Waals surface area contributed by atoms with E-state index in [1.807, 2.05) is 24.3 Å². The molecule has 1 amide bonds. The quantitative estimate of drug-likeness (QED) is 0.545. The number of para-hydroxylation sites is 2. The molecule has 1 heterocycles. The fourth-order valence-electron chi connectivity index (χ4n) is 2.17. The second-order valence-corrected chi connectivity index (χ2v) is 5.56. The van der Waals surface area contributed by atoms with Gasteiger partial charge in [0, 0.05) is 5.52 Å². The number of H-pyrrole nitrogens is 1. The molecule has 126 valence electrons. The van der Waals surface area contributed by atoms with Crippen LogP contribution in [-0.2, 0) is 4.79 Å². The number of aromatic amines is 1. The third-order valence-electron chi connectivity index (χ3n) is 3.37. The number of carbonyl (C=O) groups excluding carboxylic acids is 1. The largest absolute Gasteiger partial charge is 0.482 e. The summed E-state index contributed by atoms with van der Waals surface area (Å²) in [5.74, 6) is -0.0531. The molecule has 2 N–H and O–H groups in total. The van der Waals surface area contributed by atoms with Crippen LogP contribution < -0.4 is 15.7 Å². The Kier molecular flexibility index (Phi) is 5.11. The summed E-state index contributed by atoms with van der Waals surface area (Å²) in [4.78, 5) is 26.4. The van der Waals surface area contributed by atoms with E-state index in [-0.39, 0.29) is 12.2 Å². The number of benzene rings is 2. The summed E-state index contributed by atoms with van der Waals surface area (Å²) in [5.41, 5.74) is 3.09. The van der Waals surface area contributed by atoms with Crippen LogP contribution in [0.4, 0.5) is 0 Å². The van der Waals surface area contributed by atoms with Gasteiger partial charge in [0.15, 0.2) is 6.61 Å². The maximum absolute atomic E-state index is 12.0. The molecular formula is C18H14ClN3O3. The lowest BCUT2D eigenvalue weighted by atomic mass is 10.2. The van der Waals surface area contributed by atoms with Gasteiger partial charge in [0.25, 0.3) is 11.5 Å². The molecule has 1 aromatic heterocycles. The molecule has 0 aliphatic rings. The predicted octanol–water partition coefficient (Wildman–Crippen LogP) is 2.71. The van der Waals surface area contributed by atoms with Gasteiger partial charge in [0.2, 0.25) is 0 Å². The van der Waals surface area contributed by atoms with Crippen LogP contribution in [-0.4, -0.2) is 23.7 Å². The Hall–Kier alpha value is -3.12. The van der Waals surface area contributed by atoms with E-state index in [0.29, 0.717) is 16.3 Å². The van der Waals surface area contributed by atoms with Crippen LogP contribution in [0.3, 0.4) is 0 Å². The number of nitrogens with one attached hydrogen (secondary N) is 2. The number of nitrogens with zero attached hydrogens (tertiary/aromatic N) is 1. The van der Waals surface area contributed by atoms with Gasteiger partial charge >= 0.3 is 0 Å². The van der Waals surface area contributed by atoms with E-state index in [1.165, 1.54) is 6.21 Å². The fourth-order valence-corrected chi connectivity index (χ4v) is 2.36. The summed E-state index contributed by atoms with van der Waals surface area (Å²) in [6.45, 7) is -0.241. The van der Waals surface area contributed by atoms with Crippen LogP contribution in [0, 0.1) is 0 Å². The first-order chi connectivity index (χ1) is 12.1. The van der Waals surface area contributed by atoms with Crippen LogP contribution in [0.1, 0.15) is 5.56 Å². The normalized spacial score (nSPS) is 10.9. The number of halogens is 1. The smallest absolute Gasteiger partial charge is 0.277 e. The van der Waals surface area contributed by atoms with E-state index in [1.54, 1.807) is 30.3 Å². The van der Waals surface area contributed by atoms with Crippen LogP contribution in [0.2, 0.25) is 5.02 Å². The summed E-state index contributed by atoms with van der Waals surface area (Å²) in [7, 11) is 0. The average molecular weight is 356 g/mol. The maximum atomic E-state index is 12.0. The van der Waals surface area contributed by atoms with Crippen molar-refractivity contribution in [2.24, 2.45) is 5.10 Å². The first-order valence-electron chi connectivity index (χ1n) is 7.45. The topological polar surface area (TPSA) is 83.5 Å². The van der Waals surface area contributed by atoms with Crippen molar-refractivity contribution in [3.63, 3.8) is 0 Å². The minimum atomic E-state index is -0.464. The zero-order valence-corrected chi connectivity index (χ0v) is 13.8. The second-order valence-electron chi connectivity index (χ2n) is 5.15. The zero-order valence-electron chi connectivity index (χ0n) is 13.0. The standard InChI is InChI=1S/C18H14ClN3O3/c19-14-6-2-4-8-16(14)25-11-17(23)22-20-10-13-9-12-5-1-3-7-15(12)21-18(13)24/h1-10H,11H2,(H,21,24)(H,22,23). The molecule has 0 bridgehead atoms. The van der Waals surface area contributed by atoms with Crippen molar-refractivity contribution >= 4 is 34.6 Å². The molecule has 0 radical (unpaired) electrons. The van der Waals surface area contributed by atoms with Crippen molar-refractivity contribution in [2.45, 2.75) is 0 Å². The van der Waals surface area contributed by atoms with E-state index < -0.39 is 5.91 Å². The highest BCUT2D eigenvalue weighted by Gasteiger charge is 2.05. The molecule has 6 nitrogen and oxygen atoms in total. The molecule has 0 spiro atoms. The van der Waals surface area contributed by atoms with E-state index in [9.17, 15) is 9.59 Å². The predicted molar refractivity (Wildman–Crippen MR) is 97.3 cm³/mol. The molecule has 0 atom stereocenters. The lowest BCUT2D eigenvalue weighted by molar-refractivity contribution is -0.123. The highest BCUT2D eigenvalue weighted by molar-refractivity contribution is 6.32. The molecule has 2 aromatic carbocycles. The van der Waals surface area contributed by atoms with Crippen LogP contribution in [0.25, 0.3) is 10.9 Å². The Balaban J connectivity index is 1.61. The lowest BCUT2D eigenvalue weighted by Gasteiger charge is -2.06. The fraction of sp³-hybridized carbons (Fsp3) is 0.0556. The molecule has 7 heteroatoms. The first kappa shape index (κ1) is 16.7. The maximum Gasteiger partial charge on any atom is 0.277 e. The summed E-state index contributed by atoms with van der Waals surface area (Å²) < 4.78 is 5.30. The third-order valence-corrected chi connectivity index (χ3v) is 3.68. The Morgan fingerprint density at radius 3 is 2.80 bits per heavy atom. The Morgan fingerprint density at radius 2 is 1.96 bits per heavy atom. The summed E-state index contributed by atoms with van der Waals surface area (Å²) >= 11 is 5.93. The molecule has 25 heavy (non-hydrogen) atoms. The average Bonchev–Trinajstić information content (AvgIpc) is 2.61. The number of ether oxygens (including phenoxy) is 1. The highest BCUT2D eigenvalue weighted by atomic mass is 35.5. The highest BCUT2D eigenvalue weighted by Crippen LogP contribution is 2.22. The van der Waals surface area contributed by atoms with Gasteiger partial charge in [0.1, 0.15) is 5.75 Å². The Morgan fingerprint density at radius 1 is 1.20 bits per heavy atom. The summed E-state index contributed by atoms with van der Waals surface area (Å²) in [6, 6.07) is 15.9. The second kappa shape index (κ2) is 7.63. The minimum Gasteiger partial charge on any atom is -0.482 e. The van der Waals surface area contributed by atoms with Gasteiger partial charge in [0.05, 0.1) is 16.8 Å². The van der Waals surface area contributed by atoms with Crippen molar-refractivity contribution < 1.29 is 9.53 Å². The van der Waals surface area contributed by atoms with Crippen molar-refractivity contribution in [3.8, 4) is 5.75 Å². The van der Waals surface area contributed by atoms with Crippen molar-refractivity contribution in [3.05, 3.63) is 75.5 Å². The van der Waals surface area contributed by atoms with Crippen molar-refractivity contribution in [2.75, 3.05) is 6.61 Å². The SMILES string of the molecule is O=C(COc1ccccc1Cl)NN=Cc1cc2ccccc2[nH]c1=O. The van der Waals surface area contributed by atoms with Gasteiger partial charge in [-0.15, -0.1) is 0 Å². The molecule has 0 aliphatic heterocycles. The number of fused-ring (bicyclic) bond motifs is 1. The summed E-state index contributed by atoms with van der Waals surface area (Å²) in [6.07, 6.45) is 1.29. The monoisotopic (exact) mass is 355 g/mol. The van der Waals surface area contributed by atoms with E-state index in [0.717, 1.165) is 10.9 Å². The third kappa shape index (κ3) is 4.24. The number of hydrazone groups is 1. The van der Waals surface area contributed by atoms with Crippen molar-refractivity contribution in [1.82, 2.24) is 10.4 Å². The van der Waals surface area contributed by atoms with Gasteiger partial charge < -0.3 is 9.72 Å². The summed E-state index contributed by atoms with van der Waals surface area (Å²) in [5, 5.41) is 5.08. The van der Waals surface area contributed by atoms with E-state index in [4.69, 9.17) is 16.3 Å². The molecule has 0 fully saturated rings. The van der Waals surface area contributed by atoms with Gasteiger partial charge in [-0.05, 0) is 29.7 Å². The Bertz CT molecular complexity index is 998. The number of hydrogen-bond donors (Lipinski definition) is 2. The molecule has 0 saturated carbocycles. The zero-order chi connectivity index (χ0) is 17.6. The Labute approximate surface area is 148 Å². The number of aromatic nitrogens is 1. The van der Waals surface area contributed by atoms with Crippen LogP contribution in [0.5, 0.6) is 5.75 Å². The number of pyridine rings is 1. The lowest BCUT2D eigenvalue weighted by Crippen LogP contribution is -2.25. The van der Waals surface area contributed by atoms with E-state index >= 15 is 0 Å². The molecule has 0 saturated heterocycles. The van der Waals surface area contributed by atoms with Gasteiger partial charge in [-0.2, -0.15) is 5.10 Å². The molecule has 0 aliphatic carbocycles. The molecule has 0 unspecified atom stereocenters.